The van der Waals surface area contributed by atoms with E-state index in [1.165, 1.54) is 19.3 Å². The van der Waals surface area contributed by atoms with Crippen molar-refractivity contribution < 1.29 is 14.2 Å². The molecule has 2 aliphatic rings. The molecule has 2 fully saturated rings. The van der Waals surface area contributed by atoms with Crippen LogP contribution in [0, 0.1) is 0 Å². The van der Waals surface area contributed by atoms with E-state index in [1.807, 2.05) is 0 Å². The van der Waals surface area contributed by atoms with Crippen molar-refractivity contribution in [1.29, 1.82) is 0 Å². The second-order valence-corrected chi connectivity index (χ2v) is 5.00. The van der Waals surface area contributed by atoms with Crippen LogP contribution in [0.3, 0.4) is 0 Å². The summed E-state index contributed by atoms with van der Waals surface area (Å²) in [5, 5.41) is 3.46. The molecule has 0 aromatic rings. The van der Waals surface area contributed by atoms with Crippen molar-refractivity contribution in [3.8, 4) is 0 Å². The molecule has 4 heteroatoms. The largest absolute Gasteiger partial charge is 0.377 e. The lowest BCUT2D eigenvalue weighted by molar-refractivity contribution is 0.0160. The van der Waals surface area contributed by atoms with Gasteiger partial charge in [-0.2, -0.15) is 0 Å². The summed E-state index contributed by atoms with van der Waals surface area (Å²) in [6.45, 7) is 6.42. The fourth-order valence-electron chi connectivity index (χ4n) is 2.48. The van der Waals surface area contributed by atoms with E-state index in [2.05, 4.69) is 12.2 Å². The van der Waals surface area contributed by atoms with Crippen LogP contribution in [0.2, 0.25) is 0 Å². The molecule has 2 rings (SSSR count). The average Bonchev–Trinajstić information content (AvgIpc) is 3.01. The first-order valence-corrected chi connectivity index (χ1v) is 6.90. The molecule has 2 aliphatic heterocycles. The summed E-state index contributed by atoms with van der Waals surface area (Å²) in [5.74, 6) is 0. The zero-order chi connectivity index (χ0) is 11.9. The molecule has 1 N–H and O–H groups in total. The van der Waals surface area contributed by atoms with Gasteiger partial charge in [-0.3, -0.25) is 0 Å². The smallest absolute Gasteiger partial charge is 0.0809 e. The lowest BCUT2D eigenvalue weighted by atomic mass is 10.1. The standard InChI is InChI=1S/C13H25NO3/c1-11(13-5-3-8-17-13)14-6-9-15-10-12-4-2-7-16-12/h11-14H,2-10H2,1H3. The Hall–Kier alpha value is -0.160. The summed E-state index contributed by atoms with van der Waals surface area (Å²) < 4.78 is 16.7. The molecule has 0 radical (unpaired) electrons. The third kappa shape index (κ3) is 4.54. The minimum atomic E-state index is 0.339. The topological polar surface area (TPSA) is 39.7 Å². The molecule has 2 saturated heterocycles. The van der Waals surface area contributed by atoms with E-state index in [0.29, 0.717) is 18.2 Å². The highest BCUT2D eigenvalue weighted by Gasteiger charge is 2.21. The summed E-state index contributed by atoms with van der Waals surface area (Å²) in [7, 11) is 0. The molecule has 0 aromatic carbocycles. The highest BCUT2D eigenvalue weighted by Crippen LogP contribution is 2.15. The number of hydrogen-bond acceptors (Lipinski definition) is 4. The lowest BCUT2D eigenvalue weighted by Crippen LogP contribution is -2.38. The second-order valence-electron chi connectivity index (χ2n) is 5.00. The molecule has 3 atom stereocenters. The Labute approximate surface area is 104 Å². The molecule has 0 aromatic heterocycles. The summed E-state index contributed by atoms with van der Waals surface area (Å²) in [4.78, 5) is 0. The Morgan fingerprint density at radius 3 is 2.76 bits per heavy atom. The van der Waals surface area contributed by atoms with Gasteiger partial charge in [0, 0.05) is 25.8 Å². The van der Waals surface area contributed by atoms with Gasteiger partial charge in [0.25, 0.3) is 0 Å². The van der Waals surface area contributed by atoms with Gasteiger partial charge < -0.3 is 19.5 Å². The van der Waals surface area contributed by atoms with Crippen molar-refractivity contribution in [2.45, 2.75) is 50.9 Å². The predicted molar refractivity (Wildman–Crippen MR) is 66.2 cm³/mol. The molecule has 100 valence electrons. The van der Waals surface area contributed by atoms with Crippen LogP contribution in [0.15, 0.2) is 0 Å². The zero-order valence-electron chi connectivity index (χ0n) is 10.8. The third-order valence-electron chi connectivity index (χ3n) is 3.56. The molecule has 17 heavy (non-hydrogen) atoms. The van der Waals surface area contributed by atoms with Crippen LogP contribution in [-0.4, -0.2) is 51.2 Å². The molecule has 3 unspecified atom stereocenters. The number of ether oxygens (including phenoxy) is 3. The Morgan fingerprint density at radius 2 is 2.06 bits per heavy atom. The number of rotatable bonds is 7. The predicted octanol–water partition coefficient (Wildman–Crippen LogP) is 1.34. The van der Waals surface area contributed by atoms with E-state index in [-0.39, 0.29) is 0 Å². The van der Waals surface area contributed by atoms with E-state index >= 15 is 0 Å². The second kappa shape index (κ2) is 7.31. The Balaban J connectivity index is 1.45. The van der Waals surface area contributed by atoms with Gasteiger partial charge in [0.15, 0.2) is 0 Å². The molecular formula is C13H25NO3. The van der Waals surface area contributed by atoms with Gasteiger partial charge >= 0.3 is 0 Å². The lowest BCUT2D eigenvalue weighted by Gasteiger charge is -2.20. The van der Waals surface area contributed by atoms with E-state index in [1.54, 1.807) is 0 Å². The maximum atomic E-state index is 5.63. The van der Waals surface area contributed by atoms with E-state index < -0.39 is 0 Å². The van der Waals surface area contributed by atoms with Crippen LogP contribution in [0.5, 0.6) is 0 Å². The van der Waals surface area contributed by atoms with Crippen molar-refractivity contribution in [2.24, 2.45) is 0 Å². The molecule has 0 spiro atoms. The van der Waals surface area contributed by atoms with Crippen molar-refractivity contribution in [3.05, 3.63) is 0 Å². The SMILES string of the molecule is CC(NCCOCC1CCCO1)C1CCCO1. The first-order chi connectivity index (χ1) is 8.36. The maximum absolute atomic E-state index is 5.63. The molecule has 0 amide bonds. The minimum absolute atomic E-state index is 0.339. The molecular weight excluding hydrogens is 218 g/mol. The maximum Gasteiger partial charge on any atom is 0.0809 e. The van der Waals surface area contributed by atoms with Gasteiger partial charge in [0.1, 0.15) is 0 Å². The van der Waals surface area contributed by atoms with Crippen LogP contribution >= 0.6 is 0 Å². The fraction of sp³-hybridized carbons (Fsp3) is 1.00. The molecule has 2 heterocycles. The molecule has 4 nitrogen and oxygen atoms in total. The summed E-state index contributed by atoms with van der Waals surface area (Å²) in [6, 6.07) is 0.434. The number of nitrogens with one attached hydrogen (secondary N) is 1. The highest BCUT2D eigenvalue weighted by atomic mass is 16.5. The van der Waals surface area contributed by atoms with Gasteiger partial charge in [-0.05, 0) is 32.6 Å². The van der Waals surface area contributed by atoms with Crippen LogP contribution in [-0.2, 0) is 14.2 Å². The Morgan fingerprint density at radius 1 is 1.24 bits per heavy atom. The summed E-state index contributed by atoms with van der Waals surface area (Å²) in [5.41, 5.74) is 0. The monoisotopic (exact) mass is 243 g/mol. The Bertz CT molecular complexity index is 201. The van der Waals surface area contributed by atoms with Gasteiger partial charge in [-0.1, -0.05) is 0 Å². The van der Waals surface area contributed by atoms with E-state index in [4.69, 9.17) is 14.2 Å². The zero-order valence-corrected chi connectivity index (χ0v) is 10.8. The van der Waals surface area contributed by atoms with Crippen LogP contribution in [0.1, 0.15) is 32.6 Å². The van der Waals surface area contributed by atoms with Crippen molar-refractivity contribution >= 4 is 0 Å². The first-order valence-electron chi connectivity index (χ1n) is 6.90. The summed E-state index contributed by atoms with van der Waals surface area (Å²) >= 11 is 0. The van der Waals surface area contributed by atoms with Gasteiger partial charge in [-0.25, -0.2) is 0 Å². The Kier molecular flexibility index (Phi) is 5.71. The quantitative estimate of drug-likeness (QED) is 0.685. The fourth-order valence-corrected chi connectivity index (χ4v) is 2.48. The van der Waals surface area contributed by atoms with E-state index in [9.17, 15) is 0 Å². The van der Waals surface area contributed by atoms with Crippen molar-refractivity contribution in [3.63, 3.8) is 0 Å². The van der Waals surface area contributed by atoms with Gasteiger partial charge in [0.2, 0.25) is 0 Å². The third-order valence-corrected chi connectivity index (χ3v) is 3.56. The average molecular weight is 243 g/mol. The minimum Gasteiger partial charge on any atom is -0.377 e. The molecule has 0 bridgehead atoms. The highest BCUT2D eigenvalue weighted by molar-refractivity contribution is 4.76. The van der Waals surface area contributed by atoms with Crippen LogP contribution in [0.25, 0.3) is 0 Å². The van der Waals surface area contributed by atoms with E-state index in [0.717, 1.165) is 39.4 Å². The molecule has 0 saturated carbocycles. The first kappa shape index (κ1) is 13.3. The van der Waals surface area contributed by atoms with Gasteiger partial charge in [-0.15, -0.1) is 0 Å². The molecule has 0 aliphatic carbocycles. The van der Waals surface area contributed by atoms with Crippen molar-refractivity contribution in [1.82, 2.24) is 5.32 Å². The van der Waals surface area contributed by atoms with Crippen molar-refractivity contribution in [2.75, 3.05) is 33.0 Å². The normalized spacial score (nSPS) is 30.9. The number of hydrogen-bond donors (Lipinski definition) is 1. The van der Waals surface area contributed by atoms with Crippen LogP contribution < -0.4 is 5.32 Å². The van der Waals surface area contributed by atoms with Gasteiger partial charge in [0.05, 0.1) is 25.4 Å². The summed E-state index contributed by atoms with van der Waals surface area (Å²) in [6.07, 6.45) is 5.46. The van der Waals surface area contributed by atoms with Crippen LogP contribution in [0.4, 0.5) is 0 Å².